The Labute approximate surface area is 204 Å². The Morgan fingerprint density at radius 2 is 1.97 bits per heavy atom. The molecule has 4 rings (SSSR count). The Kier molecular flexibility index (Phi) is 7.05. The number of amides is 1. The second-order valence-electron chi connectivity index (χ2n) is 9.57. The highest BCUT2D eigenvalue weighted by atomic mass is 35.5. The molecule has 1 saturated heterocycles. The summed E-state index contributed by atoms with van der Waals surface area (Å²) in [6.07, 6.45) is 1.72. The van der Waals surface area contributed by atoms with Crippen molar-refractivity contribution < 1.29 is 9.53 Å². The van der Waals surface area contributed by atoms with Crippen molar-refractivity contribution in [2.45, 2.75) is 45.8 Å². The van der Waals surface area contributed by atoms with Crippen LogP contribution >= 0.6 is 23.2 Å². The zero-order valence-corrected chi connectivity index (χ0v) is 20.8. The van der Waals surface area contributed by atoms with Crippen LogP contribution in [0.2, 0.25) is 10.0 Å². The third-order valence-electron chi connectivity index (χ3n) is 5.69. The summed E-state index contributed by atoms with van der Waals surface area (Å²) in [7, 11) is 0. The SMILES string of the molecule is CC(C)(C)OC(=O)NC[C@H]1CCCN(c2nc3ccccc3n2Cc2ccc(Cl)c(Cl)c2)C1. The van der Waals surface area contributed by atoms with Crippen molar-refractivity contribution >= 4 is 46.3 Å². The molecule has 0 unspecified atom stereocenters. The van der Waals surface area contributed by atoms with Crippen molar-refractivity contribution in [3.63, 3.8) is 0 Å². The first-order valence-electron chi connectivity index (χ1n) is 11.3. The molecule has 0 spiro atoms. The lowest BCUT2D eigenvalue weighted by molar-refractivity contribution is 0.0517. The Hall–Kier alpha value is -2.44. The number of rotatable bonds is 5. The quantitative estimate of drug-likeness (QED) is 0.468. The van der Waals surface area contributed by atoms with Crippen LogP contribution in [0.25, 0.3) is 11.0 Å². The van der Waals surface area contributed by atoms with Gasteiger partial charge >= 0.3 is 6.09 Å². The number of nitrogens with one attached hydrogen (secondary N) is 1. The Morgan fingerprint density at radius 1 is 1.18 bits per heavy atom. The highest BCUT2D eigenvalue weighted by Crippen LogP contribution is 2.29. The Bertz CT molecular complexity index is 1140. The lowest BCUT2D eigenvalue weighted by atomic mass is 9.98. The minimum Gasteiger partial charge on any atom is -0.444 e. The number of imidazole rings is 1. The number of ether oxygens (including phenoxy) is 1. The molecule has 1 fully saturated rings. The molecule has 0 aliphatic carbocycles. The van der Waals surface area contributed by atoms with Crippen molar-refractivity contribution in [2.24, 2.45) is 5.92 Å². The van der Waals surface area contributed by atoms with E-state index in [1.165, 1.54) is 0 Å². The molecule has 33 heavy (non-hydrogen) atoms. The molecule has 1 amide bonds. The van der Waals surface area contributed by atoms with Gasteiger partial charge in [-0.1, -0.05) is 41.4 Å². The number of piperidine rings is 1. The summed E-state index contributed by atoms with van der Waals surface area (Å²) in [6.45, 7) is 8.57. The van der Waals surface area contributed by atoms with E-state index in [-0.39, 0.29) is 6.09 Å². The monoisotopic (exact) mass is 488 g/mol. The van der Waals surface area contributed by atoms with Gasteiger partial charge in [-0.05, 0) is 69.4 Å². The number of carbonyl (C=O) groups excluding carboxylic acids is 1. The van der Waals surface area contributed by atoms with E-state index in [1.54, 1.807) is 0 Å². The van der Waals surface area contributed by atoms with E-state index in [0.717, 1.165) is 48.5 Å². The smallest absolute Gasteiger partial charge is 0.407 e. The molecule has 8 heteroatoms. The number of benzene rings is 2. The van der Waals surface area contributed by atoms with Gasteiger partial charge in [0, 0.05) is 19.6 Å². The molecular formula is C25H30Cl2N4O2. The molecule has 0 bridgehead atoms. The van der Waals surface area contributed by atoms with Gasteiger partial charge < -0.3 is 19.5 Å². The molecule has 3 aromatic rings. The van der Waals surface area contributed by atoms with E-state index in [2.05, 4.69) is 20.9 Å². The number of fused-ring (bicyclic) bond motifs is 1. The van der Waals surface area contributed by atoms with Gasteiger partial charge in [0.2, 0.25) is 5.95 Å². The van der Waals surface area contributed by atoms with E-state index in [4.69, 9.17) is 32.9 Å². The van der Waals surface area contributed by atoms with Crippen LogP contribution < -0.4 is 10.2 Å². The van der Waals surface area contributed by atoms with Gasteiger partial charge in [0.05, 0.1) is 27.6 Å². The lowest BCUT2D eigenvalue weighted by Crippen LogP contribution is -2.43. The largest absolute Gasteiger partial charge is 0.444 e. The van der Waals surface area contributed by atoms with Crippen LogP contribution in [0.5, 0.6) is 0 Å². The molecule has 2 aromatic carbocycles. The molecule has 1 aliphatic heterocycles. The number of hydrogen-bond acceptors (Lipinski definition) is 4. The topological polar surface area (TPSA) is 59.4 Å². The van der Waals surface area contributed by atoms with E-state index in [1.807, 2.05) is 57.2 Å². The van der Waals surface area contributed by atoms with Crippen molar-refractivity contribution in [2.75, 3.05) is 24.5 Å². The predicted molar refractivity (Wildman–Crippen MR) is 134 cm³/mol. The van der Waals surface area contributed by atoms with Gasteiger partial charge in [-0.25, -0.2) is 9.78 Å². The first-order valence-corrected chi connectivity index (χ1v) is 12.1. The molecule has 0 saturated carbocycles. The van der Waals surface area contributed by atoms with Crippen LogP contribution in [0.15, 0.2) is 42.5 Å². The highest BCUT2D eigenvalue weighted by Gasteiger charge is 2.26. The second-order valence-corrected chi connectivity index (χ2v) is 10.4. The molecular weight excluding hydrogens is 459 g/mol. The first-order chi connectivity index (χ1) is 15.7. The van der Waals surface area contributed by atoms with Crippen molar-refractivity contribution in [3.8, 4) is 0 Å². The van der Waals surface area contributed by atoms with E-state index in [9.17, 15) is 4.79 Å². The third-order valence-corrected chi connectivity index (χ3v) is 6.43. The van der Waals surface area contributed by atoms with Gasteiger partial charge in [-0.2, -0.15) is 0 Å². The van der Waals surface area contributed by atoms with Crippen molar-refractivity contribution in [1.29, 1.82) is 0 Å². The fourth-order valence-electron chi connectivity index (χ4n) is 4.24. The van der Waals surface area contributed by atoms with Crippen LogP contribution in [0.3, 0.4) is 0 Å². The maximum Gasteiger partial charge on any atom is 0.407 e. The van der Waals surface area contributed by atoms with Crippen LogP contribution in [-0.2, 0) is 11.3 Å². The van der Waals surface area contributed by atoms with Crippen LogP contribution in [0, 0.1) is 5.92 Å². The standard InChI is InChI=1S/C25H30Cl2N4O2/c1-25(2,3)33-24(32)28-14-18-7-6-12-30(15-18)23-29-21-8-4-5-9-22(21)31(23)16-17-10-11-19(26)20(27)13-17/h4-5,8-11,13,18H,6-7,12,14-16H2,1-3H3,(H,28,32)/t18-/m1/s1. The fourth-order valence-corrected chi connectivity index (χ4v) is 4.56. The average molecular weight is 489 g/mol. The molecule has 1 aromatic heterocycles. The molecule has 1 aliphatic rings. The van der Waals surface area contributed by atoms with Gasteiger partial charge in [0.1, 0.15) is 5.60 Å². The van der Waals surface area contributed by atoms with Crippen LogP contribution in [0.1, 0.15) is 39.2 Å². The maximum atomic E-state index is 12.1. The molecule has 1 atom stereocenters. The maximum absolute atomic E-state index is 12.1. The number of nitrogens with zero attached hydrogens (tertiary/aromatic N) is 3. The second kappa shape index (κ2) is 9.82. The molecule has 176 valence electrons. The zero-order chi connectivity index (χ0) is 23.6. The summed E-state index contributed by atoms with van der Waals surface area (Å²) in [4.78, 5) is 19.4. The summed E-state index contributed by atoms with van der Waals surface area (Å²) >= 11 is 12.4. The molecule has 0 radical (unpaired) electrons. The normalized spacial score (nSPS) is 16.8. The van der Waals surface area contributed by atoms with E-state index in [0.29, 0.717) is 29.1 Å². The minimum absolute atomic E-state index is 0.324. The summed E-state index contributed by atoms with van der Waals surface area (Å²) in [6, 6.07) is 13.9. The number of anilines is 1. The molecule has 2 heterocycles. The van der Waals surface area contributed by atoms with Gasteiger partial charge in [-0.15, -0.1) is 0 Å². The van der Waals surface area contributed by atoms with E-state index >= 15 is 0 Å². The summed E-state index contributed by atoms with van der Waals surface area (Å²) in [5, 5.41) is 4.03. The zero-order valence-electron chi connectivity index (χ0n) is 19.3. The van der Waals surface area contributed by atoms with Gasteiger partial charge in [-0.3, -0.25) is 0 Å². The number of alkyl carbamates (subject to hydrolysis) is 1. The number of aromatic nitrogens is 2. The molecule has 6 nitrogen and oxygen atoms in total. The van der Waals surface area contributed by atoms with Crippen molar-refractivity contribution in [1.82, 2.24) is 14.9 Å². The first kappa shape index (κ1) is 23.7. The van der Waals surface area contributed by atoms with Gasteiger partial charge in [0.15, 0.2) is 0 Å². The lowest BCUT2D eigenvalue weighted by Gasteiger charge is -2.34. The third kappa shape index (κ3) is 5.92. The minimum atomic E-state index is -0.502. The predicted octanol–water partition coefficient (Wildman–Crippen LogP) is 6.13. The summed E-state index contributed by atoms with van der Waals surface area (Å²) in [5.74, 6) is 1.26. The number of hydrogen-bond donors (Lipinski definition) is 1. The average Bonchev–Trinajstić information content (AvgIpc) is 3.12. The fraction of sp³-hybridized carbons (Fsp3) is 0.440. The van der Waals surface area contributed by atoms with E-state index < -0.39 is 5.60 Å². The van der Waals surface area contributed by atoms with Crippen LogP contribution in [-0.4, -0.2) is 40.9 Å². The number of carbonyl (C=O) groups is 1. The van der Waals surface area contributed by atoms with Crippen molar-refractivity contribution in [3.05, 3.63) is 58.1 Å². The van der Waals surface area contributed by atoms with Crippen LogP contribution in [0.4, 0.5) is 10.7 Å². The van der Waals surface area contributed by atoms with Gasteiger partial charge in [0.25, 0.3) is 0 Å². The molecule has 1 N–H and O–H groups in total. The number of halogens is 2. The number of para-hydroxylation sites is 2. The summed E-state index contributed by atoms with van der Waals surface area (Å²) < 4.78 is 7.62. The Morgan fingerprint density at radius 3 is 2.73 bits per heavy atom. The highest BCUT2D eigenvalue weighted by molar-refractivity contribution is 6.42. The Balaban J connectivity index is 1.54. The summed E-state index contributed by atoms with van der Waals surface area (Å²) in [5.41, 5.74) is 2.60.